The van der Waals surface area contributed by atoms with E-state index in [1.807, 2.05) is 0 Å². The van der Waals surface area contributed by atoms with Gasteiger partial charge in [-0.25, -0.2) is 0 Å². The molecule has 2 N–H and O–H groups in total. The smallest absolute Gasteiger partial charge is 0.0276 e. The molecule has 0 radical (unpaired) electrons. The Bertz CT molecular complexity index is 136. The molecule has 0 unspecified atom stereocenters. The van der Waals surface area contributed by atoms with Crippen molar-refractivity contribution in [2.75, 3.05) is 26.2 Å². The summed E-state index contributed by atoms with van der Waals surface area (Å²) in [6.07, 6.45) is 5.54. The summed E-state index contributed by atoms with van der Waals surface area (Å²) in [7, 11) is 4.24. The summed E-state index contributed by atoms with van der Waals surface area (Å²) in [6, 6.07) is 0. The lowest BCUT2D eigenvalue weighted by molar-refractivity contribution is 0.530. The van der Waals surface area contributed by atoms with E-state index in [9.17, 15) is 0 Å². The number of hydrogen-bond donors (Lipinski definition) is 2. The number of piperidine rings is 2. The van der Waals surface area contributed by atoms with Gasteiger partial charge in [0.15, 0.2) is 0 Å². The third kappa shape index (κ3) is 3.65. The first-order chi connectivity index (χ1) is 6.95. The van der Waals surface area contributed by atoms with E-state index in [1.165, 1.54) is 51.9 Å². The van der Waals surface area contributed by atoms with Crippen LogP contribution in [0.2, 0.25) is 0 Å². The van der Waals surface area contributed by atoms with E-state index in [1.54, 1.807) is 0 Å². The van der Waals surface area contributed by atoms with E-state index >= 15 is 0 Å². The lowest BCUT2D eigenvalue weighted by Crippen LogP contribution is -2.33. The van der Waals surface area contributed by atoms with Crippen LogP contribution in [0.1, 0.15) is 25.7 Å². The van der Waals surface area contributed by atoms with Crippen molar-refractivity contribution >= 4 is 21.6 Å². The van der Waals surface area contributed by atoms with Gasteiger partial charge in [-0.3, -0.25) is 0 Å². The van der Waals surface area contributed by atoms with E-state index < -0.39 is 0 Å². The Morgan fingerprint density at radius 3 is 1.64 bits per heavy atom. The van der Waals surface area contributed by atoms with Crippen molar-refractivity contribution < 1.29 is 0 Å². The van der Waals surface area contributed by atoms with Crippen molar-refractivity contribution in [2.45, 2.75) is 36.2 Å². The second kappa shape index (κ2) is 6.26. The Kier molecular flexibility index (Phi) is 4.97. The zero-order chi connectivity index (χ0) is 9.64. The van der Waals surface area contributed by atoms with E-state index in [-0.39, 0.29) is 0 Å². The highest BCUT2D eigenvalue weighted by Gasteiger charge is 2.18. The third-order valence-electron chi connectivity index (χ3n) is 2.83. The van der Waals surface area contributed by atoms with Gasteiger partial charge in [-0.15, -0.1) is 0 Å². The number of rotatable bonds is 3. The van der Waals surface area contributed by atoms with Crippen molar-refractivity contribution in [3.63, 3.8) is 0 Å². The largest absolute Gasteiger partial charge is 0.316 e. The maximum Gasteiger partial charge on any atom is 0.0276 e. The molecule has 0 aliphatic carbocycles. The van der Waals surface area contributed by atoms with Crippen LogP contribution in [-0.2, 0) is 0 Å². The summed E-state index contributed by atoms with van der Waals surface area (Å²) in [6.45, 7) is 4.90. The fourth-order valence-electron chi connectivity index (χ4n) is 1.96. The first kappa shape index (κ1) is 11.1. The van der Waals surface area contributed by atoms with Gasteiger partial charge in [-0.1, -0.05) is 21.6 Å². The summed E-state index contributed by atoms with van der Waals surface area (Å²) < 4.78 is 0. The molecule has 0 bridgehead atoms. The zero-order valence-corrected chi connectivity index (χ0v) is 10.3. The lowest BCUT2D eigenvalue weighted by Gasteiger charge is -2.26. The molecule has 2 aliphatic rings. The molecule has 14 heavy (non-hydrogen) atoms. The predicted octanol–water partition coefficient (Wildman–Crippen LogP) is 1.87. The van der Waals surface area contributed by atoms with Gasteiger partial charge < -0.3 is 10.6 Å². The molecule has 4 heteroatoms. The molecule has 2 heterocycles. The summed E-state index contributed by atoms with van der Waals surface area (Å²) in [5, 5.41) is 8.66. The normalized spacial score (nSPS) is 34.3. The topological polar surface area (TPSA) is 24.1 Å². The van der Waals surface area contributed by atoms with Crippen molar-refractivity contribution in [2.24, 2.45) is 0 Å². The average molecular weight is 232 g/mol. The van der Waals surface area contributed by atoms with E-state index in [0.29, 0.717) is 0 Å². The Morgan fingerprint density at radius 2 is 1.29 bits per heavy atom. The quantitative estimate of drug-likeness (QED) is 0.726. The number of hydrogen-bond acceptors (Lipinski definition) is 4. The first-order valence-electron chi connectivity index (χ1n) is 5.69. The van der Waals surface area contributed by atoms with Crippen LogP contribution in [0, 0.1) is 0 Å². The SMILES string of the molecule is C1CNC[C@H](SS[C@@H]2CCCNC2)C1. The van der Waals surface area contributed by atoms with Crippen LogP contribution in [0.4, 0.5) is 0 Å². The second-order valence-electron chi connectivity index (χ2n) is 4.13. The molecule has 2 fully saturated rings. The van der Waals surface area contributed by atoms with Gasteiger partial charge in [0.2, 0.25) is 0 Å². The van der Waals surface area contributed by atoms with Crippen molar-refractivity contribution in [1.82, 2.24) is 10.6 Å². The molecule has 82 valence electrons. The Labute approximate surface area is 94.8 Å². The van der Waals surface area contributed by atoms with Crippen LogP contribution in [0.15, 0.2) is 0 Å². The molecular weight excluding hydrogens is 212 g/mol. The van der Waals surface area contributed by atoms with Gasteiger partial charge in [0, 0.05) is 23.6 Å². The Balaban J connectivity index is 1.60. The molecular formula is C10H20N2S2. The van der Waals surface area contributed by atoms with Crippen molar-refractivity contribution in [3.05, 3.63) is 0 Å². The Hall–Kier alpha value is 0.620. The minimum Gasteiger partial charge on any atom is -0.316 e. The van der Waals surface area contributed by atoms with E-state index in [0.717, 1.165) is 10.5 Å². The van der Waals surface area contributed by atoms with Crippen LogP contribution < -0.4 is 10.6 Å². The van der Waals surface area contributed by atoms with Gasteiger partial charge in [0.05, 0.1) is 0 Å². The molecule has 2 saturated heterocycles. The summed E-state index contributed by atoms with van der Waals surface area (Å²) in [4.78, 5) is 0. The van der Waals surface area contributed by atoms with E-state index in [2.05, 4.69) is 32.2 Å². The predicted molar refractivity (Wildman–Crippen MR) is 67.0 cm³/mol. The average Bonchev–Trinajstić information content (AvgIpc) is 2.29. The standard InChI is InChI=1S/C10H20N2S2/c1-3-9(7-11-5-1)13-14-10-4-2-6-12-8-10/h9-12H,1-8H2/t9-,10-/m1/s1. The fourth-order valence-corrected chi connectivity index (χ4v) is 5.10. The molecule has 0 amide bonds. The van der Waals surface area contributed by atoms with Gasteiger partial charge in [0.25, 0.3) is 0 Å². The van der Waals surface area contributed by atoms with Crippen LogP contribution in [0.5, 0.6) is 0 Å². The van der Waals surface area contributed by atoms with Gasteiger partial charge in [-0.2, -0.15) is 0 Å². The minimum atomic E-state index is 0.857. The second-order valence-corrected chi connectivity index (χ2v) is 7.00. The highest BCUT2D eigenvalue weighted by atomic mass is 33.1. The molecule has 2 rings (SSSR count). The maximum atomic E-state index is 3.47. The third-order valence-corrected chi connectivity index (χ3v) is 6.26. The first-order valence-corrected chi connectivity index (χ1v) is 7.96. The highest BCUT2D eigenvalue weighted by molar-refractivity contribution is 8.77. The highest BCUT2D eigenvalue weighted by Crippen LogP contribution is 2.35. The van der Waals surface area contributed by atoms with E-state index in [4.69, 9.17) is 0 Å². The maximum absolute atomic E-state index is 3.47. The molecule has 0 saturated carbocycles. The van der Waals surface area contributed by atoms with Crippen LogP contribution in [0.25, 0.3) is 0 Å². The monoisotopic (exact) mass is 232 g/mol. The molecule has 0 aromatic heterocycles. The minimum absolute atomic E-state index is 0.857. The number of nitrogens with one attached hydrogen (secondary N) is 2. The van der Waals surface area contributed by atoms with Crippen LogP contribution in [-0.4, -0.2) is 36.7 Å². The molecule has 0 aromatic rings. The van der Waals surface area contributed by atoms with Gasteiger partial charge in [0.1, 0.15) is 0 Å². The van der Waals surface area contributed by atoms with Gasteiger partial charge >= 0.3 is 0 Å². The van der Waals surface area contributed by atoms with Crippen molar-refractivity contribution in [1.29, 1.82) is 0 Å². The van der Waals surface area contributed by atoms with Crippen molar-refractivity contribution in [3.8, 4) is 0 Å². The molecule has 0 aromatic carbocycles. The van der Waals surface area contributed by atoms with Gasteiger partial charge in [-0.05, 0) is 38.8 Å². The molecule has 0 spiro atoms. The lowest BCUT2D eigenvalue weighted by atomic mass is 10.2. The fraction of sp³-hybridized carbons (Fsp3) is 1.00. The zero-order valence-electron chi connectivity index (χ0n) is 8.63. The molecule has 2 atom stereocenters. The summed E-state index contributed by atoms with van der Waals surface area (Å²) >= 11 is 0. The Morgan fingerprint density at radius 1 is 0.786 bits per heavy atom. The molecule has 2 aliphatic heterocycles. The van der Waals surface area contributed by atoms with Crippen LogP contribution in [0.3, 0.4) is 0 Å². The molecule has 2 nitrogen and oxygen atoms in total. The summed E-state index contributed by atoms with van der Waals surface area (Å²) in [5.41, 5.74) is 0. The van der Waals surface area contributed by atoms with Crippen LogP contribution >= 0.6 is 21.6 Å². The summed E-state index contributed by atoms with van der Waals surface area (Å²) in [5.74, 6) is 0.